The summed E-state index contributed by atoms with van der Waals surface area (Å²) in [6, 6.07) is 0.592. The van der Waals surface area contributed by atoms with Crippen LogP contribution in [0.1, 0.15) is 32.6 Å². The maximum absolute atomic E-state index is 10.2. The van der Waals surface area contributed by atoms with Crippen LogP contribution < -0.4 is 5.32 Å². The minimum atomic E-state index is 0.521. The third-order valence-corrected chi connectivity index (χ3v) is 2.50. The van der Waals surface area contributed by atoms with Crippen LogP contribution in [0.15, 0.2) is 0 Å². The van der Waals surface area contributed by atoms with Gasteiger partial charge in [0.1, 0.15) is 6.29 Å². The van der Waals surface area contributed by atoms with E-state index in [0.29, 0.717) is 18.4 Å². The van der Waals surface area contributed by atoms with E-state index in [1.807, 2.05) is 0 Å². The summed E-state index contributed by atoms with van der Waals surface area (Å²) >= 11 is 0. The molecule has 0 radical (unpaired) electrons. The molecule has 1 rings (SSSR count). The molecule has 1 aliphatic heterocycles. The summed E-state index contributed by atoms with van der Waals surface area (Å²) in [6.45, 7) is 3.28. The molecule has 1 fully saturated rings. The van der Waals surface area contributed by atoms with Crippen molar-refractivity contribution in [3.8, 4) is 0 Å². The van der Waals surface area contributed by atoms with Gasteiger partial charge in [-0.2, -0.15) is 0 Å². The second kappa shape index (κ2) is 4.50. The Morgan fingerprint density at radius 1 is 1.64 bits per heavy atom. The van der Waals surface area contributed by atoms with E-state index in [1.165, 1.54) is 19.3 Å². The Labute approximate surface area is 68.4 Å². The average molecular weight is 155 g/mol. The smallest absolute Gasteiger partial charge is 0.120 e. The number of aldehydes is 1. The Hall–Kier alpha value is -0.370. The van der Waals surface area contributed by atoms with Gasteiger partial charge in [0.2, 0.25) is 0 Å². The molecule has 0 amide bonds. The zero-order valence-electron chi connectivity index (χ0n) is 7.18. The molecular formula is C9H17NO. The normalized spacial score (nSPS) is 27.9. The van der Waals surface area contributed by atoms with E-state index >= 15 is 0 Å². The predicted octanol–water partition coefficient (Wildman–Crippen LogP) is 1.35. The van der Waals surface area contributed by atoms with Crippen molar-refractivity contribution >= 4 is 6.29 Å². The quantitative estimate of drug-likeness (QED) is 0.623. The van der Waals surface area contributed by atoms with Crippen molar-refractivity contribution in [3.63, 3.8) is 0 Å². The van der Waals surface area contributed by atoms with Crippen molar-refractivity contribution in [3.05, 3.63) is 0 Å². The number of rotatable bonds is 3. The summed E-state index contributed by atoms with van der Waals surface area (Å²) in [6.07, 6.45) is 5.60. The average Bonchev–Trinajstić information content (AvgIpc) is 2.07. The highest BCUT2D eigenvalue weighted by atomic mass is 16.1. The Bertz CT molecular complexity index is 119. The van der Waals surface area contributed by atoms with Gasteiger partial charge < -0.3 is 10.1 Å². The van der Waals surface area contributed by atoms with Gasteiger partial charge in [-0.05, 0) is 25.3 Å². The Kier molecular flexibility index (Phi) is 3.57. The largest absolute Gasteiger partial charge is 0.314 e. The first-order chi connectivity index (χ1) is 5.34. The minimum absolute atomic E-state index is 0.521. The Morgan fingerprint density at radius 3 is 3.00 bits per heavy atom. The van der Waals surface area contributed by atoms with Crippen LogP contribution in [-0.4, -0.2) is 18.9 Å². The molecule has 2 unspecified atom stereocenters. The standard InChI is InChI=1S/C9H17NO/c1-8(5-7-11)9-4-2-3-6-10-9/h7-10H,2-6H2,1H3. The molecule has 1 N–H and O–H groups in total. The summed E-state index contributed by atoms with van der Waals surface area (Å²) in [5.74, 6) is 0.521. The molecule has 0 aromatic carbocycles. The van der Waals surface area contributed by atoms with Crippen molar-refractivity contribution in [2.75, 3.05) is 6.54 Å². The fourth-order valence-electron chi connectivity index (χ4n) is 1.68. The van der Waals surface area contributed by atoms with Crippen LogP contribution >= 0.6 is 0 Å². The maximum Gasteiger partial charge on any atom is 0.120 e. The predicted molar refractivity (Wildman–Crippen MR) is 45.5 cm³/mol. The fourth-order valence-corrected chi connectivity index (χ4v) is 1.68. The lowest BCUT2D eigenvalue weighted by atomic mass is 9.92. The third-order valence-electron chi connectivity index (χ3n) is 2.50. The zero-order valence-corrected chi connectivity index (χ0v) is 7.18. The molecule has 0 bridgehead atoms. The molecular weight excluding hydrogens is 138 g/mol. The minimum Gasteiger partial charge on any atom is -0.314 e. The van der Waals surface area contributed by atoms with Crippen LogP contribution in [0.3, 0.4) is 0 Å². The van der Waals surface area contributed by atoms with Crippen LogP contribution in [0.2, 0.25) is 0 Å². The van der Waals surface area contributed by atoms with Crippen LogP contribution in [0, 0.1) is 5.92 Å². The van der Waals surface area contributed by atoms with Gasteiger partial charge >= 0.3 is 0 Å². The molecule has 0 spiro atoms. The summed E-state index contributed by atoms with van der Waals surface area (Å²) in [5, 5.41) is 3.44. The number of carbonyl (C=O) groups excluding carboxylic acids is 1. The van der Waals surface area contributed by atoms with Gasteiger partial charge in [0.05, 0.1) is 0 Å². The van der Waals surface area contributed by atoms with Gasteiger partial charge in [-0.1, -0.05) is 13.3 Å². The van der Waals surface area contributed by atoms with Crippen LogP contribution in [0.5, 0.6) is 0 Å². The first-order valence-electron chi connectivity index (χ1n) is 4.51. The Balaban J connectivity index is 2.26. The number of piperidine rings is 1. The first kappa shape index (κ1) is 8.72. The van der Waals surface area contributed by atoms with E-state index in [1.54, 1.807) is 0 Å². The summed E-state index contributed by atoms with van der Waals surface area (Å²) in [5.41, 5.74) is 0. The van der Waals surface area contributed by atoms with Crippen LogP contribution in [0.4, 0.5) is 0 Å². The topological polar surface area (TPSA) is 29.1 Å². The molecule has 0 aliphatic carbocycles. The van der Waals surface area contributed by atoms with Crippen molar-refractivity contribution in [2.45, 2.75) is 38.6 Å². The SMILES string of the molecule is CC(CC=O)C1CCCCN1. The highest BCUT2D eigenvalue weighted by Gasteiger charge is 2.18. The second-order valence-corrected chi connectivity index (χ2v) is 3.44. The second-order valence-electron chi connectivity index (χ2n) is 3.44. The van der Waals surface area contributed by atoms with E-state index in [2.05, 4.69) is 12.2 Å². The van der Waals surface area contributed by atoms with Crippen molar-refractivity contribution < 1.29 is 4.79 Å². The molecule has 0 aromatic rings. The van der Waals surface area contributed by atoms with Crippen LogP contribution in [-0.2, 0) is 4.79 Å². The maximum atomic E-state index is 10.2. The fraction of sp³-hybridized carbons (Fsp3) is 0.889. The third kappa shape index (κ3) is 2.62. The molecule has 11 heavy (non-hydrogen) atoms. The lowest BCUT2D eigenvalue weighted by molar-refractivity contribution is -0.108. The molecule has 0 aromatic heterocycles. The van der Waals surface area contributed by atoms with Crippen molar-refractivity contribution in [1.82, 2.24) is 5.32 Å². The van der Waals surface area contributed by atoms with Gasteiger partial charge in [-0.15, -0.1) is 0 Å². The first-order valence-corrected chi connectivity index (χ1v) is 4.51. The lowest BCUT2D eigenvalue weighted by Crippen LogP contribution is -2.38. The molecule has 1 heterocycles. The number of nitrogens with one attached hydrogen (secondary N) is 1. The molecule has 1 aliphatic rings. The van der Waals surface area contributed by atoms with Gasteiger partial charge in [0.15, 0.2) is 0 Å². The molecule has 2 atom stereocenters. The highest BCUT2D eigenvalue weighted by molar-refractivity contribution is 5.49. The Morgan fingerprint density at radius 2 is 2.45 bits per heavy atom. The van der Waals surface area contributed by atoms with Gasteiger partial charge in [0.25, 0.3) is 0 Å². The van der Waals surface area contributed by atoms with E-state index in [4.69, 9.17) is 0 Å². The molecule has 64 valence electrons. The summed E-state index contributed by atoms with van der Waals surface area (Å²) < 4.78 is 0. The molecule has 0 saturated carbocycles. The number of carbonyl (C=O) groups is 1. The van der Waals surface area contributed by atoms with Gasteiger partial charge in [-0.3, -0.25) is 0 Å². The molecule has 1 saturated heterocycles. The summed E-state index contributed by atoms with van der Waals surface area (Å²) in [4.78, 5) is 10.2. The molecule has 2 nitrogen and oxygen atoms in total. The van der Waals surface area contributed by atoms with Gasteiger partial charge in [0, 0.05) is 12.5 Å². The number of hydrogen-bond donors (Lipinski definition) is 1. The monoisotopic (exact) mass is 155 g/mol. The highest BCUT2D eigenvalue weighted by Crippen LogP contribution is 2.16. The van der Waals surface area contributed by atoms with Crippen molar-refractivity contribution in [1.29, 1.82) is 0 Å². The lowest BCUT2D eigenvalue weighted by Gasteiger charge is -2.27. The summed E-state index contributed by atoms with van der Waals surface area (Å²) in [7, 11) is 0. The van der Waals surface area contributed by atoms with E-state index < -0.39 is 0 Å². The van der Waals surface area contributed by atoms with E-state index in [0.717, 1.165) is 12.8 Å². The van der Waals surface area contributed by atoms with Crippen molar-refractivity contribution in [2.24, 2.45) is 5.92 Å². The van der Waals surface area contributed by atoms with E-state index in [-0.39, 0.29) is 0 Å². The number of hydrogen-bond acceptors (Lipinski definition) is 2. The van der Waals surface area contributed by atoms with Crippen LogP contribution in [0.25, 0.3) is 0 Å². The van der Waals surface area contributed by atoms with E-state index in [9.17, 15) is 4.79 Å². The van der Waals surface area contributed by atoms with Gasteiger partial charge in [-0.25, -0.2) is 0 Å². The molecule has 2 heteroatoms. The zero-order chi connectivity index (χ0) is 8.10.